The number of aliphatic imine (C=N–C) groups is 1. The molecule has 0 saturated carbocycles. The molecule has 0 amide bonds. The van der Waals surface area contributed by atoms with Crippen molar-refractivity contribution in [1.29, 1.82) is 0 Å². The first-order valence-corrected chi connectivity index (χ1v) is 10.8. The summed E-state index contributed by atoms with van der Waals surface area (Å²) in [6.45, 7) is 1.59. The molecule has 0 spiro atoms. The van der Waals surface area contributed by atoms with Crippen molar-refractivity contribution in [2.75, 3.05) is 19.3 Å². The summed E-state index contributed by atoms with van der Waals surface area (Å²) >= 11 is 1.45. The van der Waals surface area contributed by atoms with Crippen molar-refractivity contribution in [2.45, 2.75) is 13.2 Å². The van der Waals surface area contributed by atoms with Crippen LogP contribution in [0.4, 0.5) is 0 Å². The first kappa shape index (κ1) is 18.2. The van der Waals surface area contributed by atoms with Crippen LogP contribution in [0.15, 0.2) is 65.7 Å². The van der Waals surface area contributed by atoms with Crippen LogP contribution in [0.1, 0.15) is 11.1 Å². The number of hydrogen-bond donors (Lipinski definition) is 0. The largest absolute Gasteiger partial charge is 0.437 e. The molecule has 0 aliphatic carbocycles. The Labute approximate surface area is 152 Å². The minimum atomic E-state index is -3.49. The molecule has 2 aromatic carbocycles. The fourth-order valence-electron chi connectivity index (χ4n) is 2.45. The second kappa shape index (κ2) is 8.68. The maximum Gasteiger partial charge on any atom is 0.437 e. The zero-order chi connectivity index (χ0) is 17.5. The Hall–Kier alpha value is -1.59. The quantitative estimate of drug-likeness (QED) is 0.663. The first-order chi connectivity index (χ1) is 12.2. The van der Waals surface area contributed by atoms with Gasteiger partial charge in [0.1, 0.15) is 0 Å². The number of thioether (sulfide) groups is 1. The number of nitrogens with zero attached hydrogens (tertiary/aromatic N) is 2. The highest BCUT2D eigenvalue weighted by Crippen LogP contribution is 2.55. The van der Waals surface area contributed by atoms with E-state index in [4.69, 9.17) is 9.05 Å². The van der Waals surface area contributed by atoms with E-state index in [1.807, 2.05) is 66.9 Å². The molecule has 0 saturated heterocycles. The summed E-state index contributed by atoms with van der Waals surface area (Å²) in [4.78, 5) is 4.39. The highest BCUT2D eigenvalue weighted by Gasteiger charge is 2.38. The zero-order valence-corrected chi connectivity index (χ0v) is 15.8. The van der Waals surface area contributed by atoms with Gasteiger partial charge in [-0.3, -0.25) is 18.7 Å². The second-order valence-electron chi connectivity index (χ2n) is 5.48. The van der Waals surface area contributed by atoms with E-state index in [9.17, 15) is 4.57 Å². The van der Waals surface area contributed by atoms with Crippen LogP contribution >= 0.6 is 19.5 Å². The molecule has 1 heterocycles. The van der Waals surface area contributed by atoms with Crippen LogP contribution in [0.5, 0.6) is 0 Å². The summed E-state index contributed by atoms with van der Waals surface area (Å²) in [5.74, 6) is 0. The molecule has 0 bridgehead atoms. The maximum absolute atomic E-state index is 13.5. The Kier molecular flexibility index (Phi) is 6.32. The molecule has 0 N–H and O–H groups in total. The second-order valence-corrected chi connectivity index (χ2v) is 8.19. The molecule has 0 radical (unpaired) electrons. The average Bonchev–Trinajstić information content (AvgIpc) is 3.16. The van der Waals surface area contributed by atoms with Crippen LogP contribution in [-0.4, -0.2) is 29.2 Å². The van der Waals surface area contributed by atoms with Crippen LogP contribution in [0, 0.1) is 0 Å². The van der Waals surface area contributed by atoms with Crippen LogP contribution < -0.4 is 0 Å². The SMILES string of the molecule is CSC1=NCCN1P(=O)(OCc1ccccc1)OCc1ccccc1. The Morgan fingerprint density at radius 3 is 2.00 bits per heavy atom. The predicted octanol–water partition coefficient (Wildman–Crippen LogP) is 4.56. The number of rotatable bonds is 7. The van der Waals surface area contributed by atoms with E-state index in [0.29, 0.717) is 18.3 Å². The lowest BCUT2D eigenvalue weighted by atomic mass is 10.2. The Morgan fingerprint density at radius 2 is 1.52 bits per heavy atom. The third kappa shape index (κ3) is 4.73. The number of amidine groups is 1. The lowest BCUT2D eigenvalue weighted by molar-refractivity contribution is 0.165. The van der Waals surface area contributed by atoms with Crippen molar-refractivity contribution in [3.05, 3.63) is 71.8 Å². The van der Waals surface area contributed by atoms with E-state index in [1.54, 1.807) is 4.67 Å². The summed E-state index contributed by atoms with van der Waals surface area (Å²) < 4.78 is 26.8. The summed E-state index contributed by atoms with van der Waals surface area (Å²) in [6.07, 6.45) is 1.91. The van der Waals surface area contributed by atoms with Crippen LogP contribution in [-0.2, 0) is 26.8 Å². The highest BCUT2D eigenvalue weighted by atomic mass is 32.2. The fraction of sp³-hybridized carbons (Fsp3) is 0.278. The minimum absolute atomic E-state index is 0.227. The highest BCUT2D eigenvalue weighted by molar-refractivity contribution is 8.13. The molecule has 0 aromatic heterocycles. The lowest BCUT2D eigenvalue weighted by Crippen LogP contribution is -2.25. The monoisotopic (exact) mass is 376 g/mol. The molecule has 1 aliphatic heterocycles. The summed E-state index contributed by atoms with van der Waals surface area (Å²) in [5, 5.41) is 0.699. The van der Waals surface area contributed by atoms with Crippen LogP contribution in [0.2, 0.25) is 0 Å². The average molecular weight is 376 g/mol. The molecule has 0 atom stereocenters. The molecular weight excluding hydrogens is 355 g/mol. The van der Waals surface area contributed by atoms with Gasteiger partial charge in [-0.2, -0.15) is 0 Å². The molecule has 2 aromatic rings. The van der Waals surface area contributed by atoms with Gasteiger partial charge in [0.2, 0.25) is 0 Å². The third-order valence-corrected chi connectivity index (χ3v) is 6.47. The molecule has 0 unspecified atom stereocenters. The van der Waals surface area contributed by atoms with Gasteiger partial charge in [0.25, 0.3) is 0 Å². The molecule has 5 nitrogen and oxygen atoms in total. The normalized spacial score (nSPS) is 14.6. The third-order valence-electron chi connectivity index (χ3n) is 3.73. The number of benzene rings is 2. The van der Waals surface area contributed by atoms with Crippen molar-refractivity contribution in [1.82, 2.24) is 4.67 Å². The van der Waals surface area contributed by atoms with E-state index in [1.165, 1.54) is 11.8 Å². The van der Waals surface area contributed by atoms with Gasteiger partial charge in [0.15, 0.2) is 5.17 Å². The van der Waals surface area contributed by atoms with Gasteiger partial charge in [0, 0.05) is 0 Å². The van der Waals surface area contributed by atoms with Gasteiger partial charge in [-0.1, -0.05) is 72.4 Å². The lowest BCUT2D eigenvalue weighted by Gasteiger charge is -2.28. The van der Waals surface area contributed by atoms with Crippen molar-refractivity contribution >= 4 is 24.7 Å². The van der Waals surface area contributed by atoms with Crippen molar-refractivity contribution in [3.8, 4) is 0 Å². The smallest absolute Gasteiger partial charge is 0.287 e. The number of hydrogen-bond acceptors (Lipinski definition) is 5. The van der Waals surface area contributed by atoms with Gasteiger partial charge < -0.3 is 0 Å². The molecule has 132 valence electrons. The van der Waals surface area contributed by atoms with E-state index in [2.05, 4.69) is 4.99 Å². The Balaban J connectivity index is 1.75. The molecule has 3 rings (SSSR count). The van der Waals surface area contributed by atoms with Gasteiger partial charge >= 0.3 is 7.75 Å². The fourth-order valence-corrected chi connectivity index (χ4v) is 5.10. The van der Waals surface area contributed by atoms with E-state index in [0.717, 1.165) is 11.1 Å². The van der Waals surface area contributed by atoms with Crippen LogP contribution in [0.3, 0.4) is 0 Å². The van der Waals surface area contributed by atoms with Crippen molar-refractivity contribution < 1.29 is 13.6 Å². The van der Waals surface area contributed by atoms with Gasteiger partial charge in [-0.25, -0.2) is 4.57 Å². The maximum atomic E-state index is 13.5. The summed E-state index contributed by atoms with van der Waals surface area (Å²) in [5.41, 5.74) is 1.90. The zero-order valence-electron chi connectivity index (χ0n) is 14.1. The van der Waals surface area contributed by atoms with E-state index < -0.39 is 7.75 Å². The Bertz CT molecular complexity index is 708. The molecule has 1 aliphatic rings. The van der Waals surface area contributed by atoms with Crippen molar-refractivity contribution in [3.63, 3.8) is 0 Å². The van der Waals surface area contributed by atoms with E-state index in [-0.39, 0.29) is 13.2 Å². The Morgan fingerprint density at radius 1 is 1.00 bits per heavy atom. The predicted molar refractivity (Wildman–Crippen MR) is 103 cm³/mol. The molecule has 25 heavy (non-hydrogen) atoms. The standard InChI is InChI=1S/C18H21N2O3PS/c1-25-18-19-12-13-20(18)24(21,22-14-16-8-4-2-5-9-16)23-15-17-10-6-3-7-11-17/h2-11H,12-15H2,1H3. The van der Waals surface area contributed by atoms with Crippen molar-refractivity contribution in [2.24, 2.45) is 4.99 Å². The molecule has 7 heteroatoms. The van der Waals surface area contributed by atoms with E-state index >= 15 is 0 Å². The summed E-state index contributed by atoms with van der Waals surface area (Å²) in [7, 11) is -3.49. The minimum Gasteiger partial charge on any atom is -0.287 e. The molecular formula is C18H21N2O3PS. The van der Waals surface area contributed by atoms with Gasteiger partial charge in [-0.05, 0) is 17.4 Å². The first-order valence-electron chi connectivity index (χ1n) is 8.05. The molecule has 0 fully saturated rings. The topological polar surface area (TPSA) is 51.1 Å². The summed E-state index contributed by atoms with van der Waals surface area (Å²) in [6, 6.07) is 19.4. The van der Waals surface area contributed by atoms with Crippen LogP contribution in [0.25, 0.3) is 0 Å². The van der Waals surface area contributed by atoms with Gasteiger partial charge in [-0.15, -0.1) is 0 Å². The van der Waals surface area contributed by atoms with Gasteiger partial charge in [0.05, 0.1) is 26.3 Å².